The highest BCUT2D eigenvalue weighted by molar-refractivity contribution is 5.75. The maximum Gasteiger partial charge on any atom is 0.325 e. The molecule has 0 aliphatic carbocycles. The van der Waals surface area contributed by atoms with Gasteiger partial charge in [-0.05, 0) is 50.7 Å². The minimum atomic E-state index is -0.978. The number of hydrogen-bond acceptors (Lipinski definition) is 4. The average Bonchev–Trinajstić information content (AvgIpc) is 2.98. The van der Waals surface area contributed by atoms with E-state index in [1.807, 2.05) is 0 Å². The molecule has 6 heteroatoms. The predicted molar refractivity (Wildman–Crippen MR) is 81.6 cm³/mol. The van der Waals surface area contributed by atoms with E-state index in [2.05, 4.69) is 4.90 Å². The second-order valence-electron chi connectivity index (χ2n) is 5.66. The number of nitrogens with zero attached hydrogens (tertiary/aromatic N) is 2. The first kappa shape index (κ1) is 16.7. The molecule has 2 rings (SSSR count). The summed E-state index contributed by atoms with van der Waals surface area (Å²) in [5.74, 6) is -1.40. The molecule has 0 unspecified atom stereocenters. The van der Waals surface area contributed by atoms with Crippen LogP contribution in [0.4, 0.5) is 4.39 Å². The fraction of sp³-hybridized carbons (Fsp3) is 0.562. The van der Waals surface area contributed by atoms with Crippen molar-refractivity contribution in [2.24, 2.45) is 0 Å². The zero-order chi connectivity index (χ0) is 16.1. The third-order valence-electron chi connectivity index (χ3n) is 4.13. The van der Waals surface area contributed by atoms with Crippen LogP contribution in [-0.4, -0.2) is 61.2 Å². The van der Waals surface area contributed by atoms with Crippen molar-refractivity contribution < 1.29 is 19.0 Å². The van der Waals surface area contributed by atoms with Gasteiger partial charge < -0.3 is 14.7 Å². The van der Waals surface area contributed by atoms with E-state index in [9.17, 15) is 14.3 Å². The SMILES string of the molecule is COc1ccc([C@H](C(=O)O)N(C)CCN2CCCC2)cc1F. The zero-order valence-electron chi connectivity index (χ0n) is 13.1. The topological polar surface area (TPSA) is 53.0 Å². The van der Waals surface area contributed by atoms with Gasteiger partial charge in [0.2, 0.25) is 0 Å². The molecule has 1 fully saturated rings. The van der Waals surface area contributed by atoms with Gasteiger partial charge in [-0.2, -0.15) is 0 Å². The molecule has 1 atom stereocenters. The monoisotopic (exact) mass is 310 g/mol. The summed E-state index contributed by atoms with van der Waals surface area (Å²) in [4.78, 5) is 15.7. The number of likely N-dealkylation sites (N-methyl/N-ethyl adjacent to an activating group) is 1. The summed E-state index contributed by atoms with van der Waals surface area (Å²) >= 11 is 0. The molecule has 0 saturated carbocycles. The van der Waals surface area contributed by atoms with Crippen molar-refractivity contribution in [1.82, 2.24) is 9.80 Å². The molecule has 1 aliphatic heterocycles. The molecule has 0 amide bonds. The van der Waals surface area contributed by atoms with Crippen molar-refractivity contribution in [2.75, 3.05) is 40.3 Å². The molecule has 0 bridgehead atoms. The fourth-order valence-electron chi connectivity index (χ4n) is 2.87. The standard InChI is InChI=1S/C16H23FN2O3/c1-18(9-10-19-7-3-4-8-19)15(16(20)21)12-5-6-14(22-2)13(17)11-12/h5-6,11,15H,3-4,7-10H2,1-2H3,(H,20,21)/t15-/m1/s1. The Balaban J connectivity index is 2.07. The van der Waals surface area contributed by atoms with Crippen molar-refractivity contribution in [3.63, 3.8) is 0 Å². The number of methoxy groups -OCH3 is 1. The molecule has 0 spiro atoms. The van der Waals surface area contributed by atoms with Crippen LogP contribution in [0.2, 0.25) is 0 Å². The number of carboxylic acid groups (broad SMARTS) is 1. The second kappa shape index (κ2) is 7.56. The Bertz CT molecular complexity index is 518. The number of likely N-dealkylation sites (tertiary alicyclic amines) is 1. The van der Waals surface area contributed by atoms with E-state index in [1.165, 1.54) is 32.1 Å². The first-order valence-electron chi connectivity index (χ1n) is 7.51. The van der Waals surface area contributed by atoms with E-state index in [1.54, 1.807) is 18.0 Å². The summed E-state index contributed by atoms with van der Waals surface area (Å²) in [7, 11) is 3.14. The van der Waals surface area contributed by atoms with Gasteiger partial charge in [0.05, 0.1) is 7.11 Å². The van der Waals surface area contributed by atoms with Gasteiger partial charge in [0, 0.05) is 13.1 Å². The van der Waals surface area contributed by atoms with E-state index in [0.29, 0.717) is 12.1 Å². The van der Waals surface area contributed by atoms with Gasteiger partial charge in [0.25, 0.3) is 0 Å². The molecule has 1 aliphatic rings. The molecule has 1 N–H and O–H groups in total. The summed E-state index contributed by atoms with van der Waals surface area (Å²) in [6, 6.07) is 3.45. The number of carboxylic acids is 1. The lowest BCUT2D eigenvalue weighted by atomic mass is 10.1. The number of ether oxygens (including phenoxy) is 1. The van der Waals surface area contributed by atoms with Crippen molar-refractivity contribution in [3.05, 3.63) is 29.6 Å². The Hall–Kier alpha value is -1.66. The maximum atomic E-state index is 13.8. The number of halogens is 1. The highest BCUT2D eigenvalue weighted by atomic mass is 19.1. The number of aliphatic carboxylic acids is 1. The summed E-state index contributed by atoms with van der Waals surface area (Å²) < 4.78 is 18.7. The van der Waals surface area contributed by atoms with Gasteiger partial charge in [0.15, 0.2) is 11.6 Å². The van der Waals surface area contributed by atoms with Gasteiger partial charge in [0.1, 0.15) is 6.04 Å². The first-order valence-corrected chi connectivity index (χ1v) is 7.51. The third kappa shape index (κ3) is 3.96. The smallest absolute Gasteiger partial charge is 0.325 e. The predicted octanol–water partition coefficient (Wildman–Crippen LogP) is 1.99. The number of carbonyl (C=O) groups is 1. The maximum absolute atomic E-state index is 13.8. The summed E-state index contributed by atoms with van der Waals surface area (Å²) in [6.45, 7) is 3.61. The molecule has 1 aromatic rings. The summed E-state index contributed by atoms with van der Waals surface area (Å²) in [5.41, 5.74) is 0.426. The second-order valence-corrected chi connectivity index (χ2v) is 5.66. The average molecular weight is 310 g/mol. The van der Waals surface area contributed by atoms with Gasteiger partial charge >= 0.3 is 5.97 Å². The highest BCUT2D eigenvalue weighted by Crippen LogP contribution is 2.25. The first-order chi connectivity index (χ1) is 10.5. The van der Waals surface area contributed by atoms with Crippen LogP contribution in [0.3, 0.4) is 0 Å². The van der Waals surface area contributed by atoms with Crippen molar-refractivity contribution in [1.29, 1.82) is 0 Å². The van der Waals surface area contributed by atoms with Crippen LogP contribution in [0.25, 0.3) is 0 Å². The molecule has 1 aromatic carbocycles. The Labute approximate surface area is 130 Å². The molecule has 122 valence electrons. The van der Waals surface area contributed by atoms with Crippen molar-refractivity contribution in [2.45, 2.75) is 18.9 Å². The Kier molecular flexibility index (Phi) is 5.74. The van der Waals surface area contributed by atoms with Gasteiger partial charge in [-0.3, -0.25) is 9.69 Å². The van der Waals surface area contributed by atoms with Gasteiger partial charge in [-0.25, -0.2) is 4.39 Å². The Morgan fingerprint density at radius 3 is 2.68 bits per heavy atom. The Morgan fingerprint density at radius 1 is 1.45 bits per heavy atom. The molecule has 0 aromatic heterocycles. The summed E-state index contributed by atoms with van der Waals surface area (Å²) in [5, 5.41) is 9.50. The van der Waals surface area contributed by atoms with Crippen LogP contribution >= 0.6 is 0 Å². The molecule has 1 heterocycles. The lowest BCUT2D eigenvalue weighted by Gasteiger charge is -2.27. The van der Waals surface area contributed by atoms with Gasteiger partial charge in [-0.1, -0.05) is 6.07 Å². The zero-order valence-corrected chi connectivity index (χ0v) is 13.1. The third-order valence-corrected chi connectivity index (χ3v) is 4.13. The molecule has 5 nitrogen and oxygen atoms in total. The molecular formula is C16H23FN2O3. The summed E-state index contributed by atoms with van der Waals surface area (Å²) in [6.07, 6.45) is 2.41. The van der Waals surface area contributed by atoms with E-state index < -0.39 is 17.8 Å². The van der Waals surface area contributed by atoms with E-state index in [-0.39, 0.29) is 5.75 Å². The van der Waals surface area contributed by atoms with Crippen molar-refractivity contribution >= 4 is 5.97 Å². The minimum Gasteiger partial charge on any atom is -0.494 e. The number of rotatable bonds is 7. The molecular weight excluding hydrogens is 287 g/mol. The number of hydrogen-bond donors (Lipinski definition) is 1. The van der Waals surface area contributed by atoms with Crippen molar-refractivity contribution in [3.8, 4) is 5.75 Å². The van der Waals surface area contributed by atoms with E-state index in [4.69, 9.17) is 4.74 Å². The van der Waals surface area contributed by atoms with E-state index in [0.717, 1.165) is 19.6 Å². The van der Waals surface area contributed by atoms with E-state index >= 15 is 0 Å². The minimum absolute atomic E-state index is 0.118. The largest absolute Gasteiger partial charge is 0.494 e. The van der Waals surface area contributed by atoms with Crippen LogP contribution < -0.4 is 4.74 Å². The molecule has 0 radical (unpaired) electrons. The highest BCUT2D eigenvalue weighted by Gasteiger charge is 2.26. The quantitative estimate of drug-likeness (QED) is 0.835. The van der Waals surface area contributed by atoms with Crippen LogP contribution in [-0.2, 0) is 4.79 Å². The van der Waals surface area contributed by atoms with Gasteiger partial charge in [-0.15, -0.1) is 0 Å². The normalized spacial score (nSPS) is 16.9. The van der Waals surface area contributed by atoms with Crippen LogP contribution in [0.1, 0.15) is 24.4 Å². The lowest BCUT2D eigenvalue weighted by molar-refractivity contribution is -0.143. The Morgan fingerprint density at radius 2 is 2.14 bits per heavy atom. The van der Waals surface area contributed by atoms with Crippen LogP contribution in [0.5, 0.6) is 5.75 Å². The van der Waals surface area contributed by atoms with Crippen LogP contribution in [0.15, 0.2) is 18.2 Å². The lowest BCUT2D eigenvalue weighted by Crippen LogP contribution is -2.37. The van der Waals surface area contributed by atoms with Crippen LogP contribution in [0, 0.1) is 5.82 Å². The molecule has 1 saturated heterocycles. The fourth-order valence-corrected chi connectivity index (χ4v) is 2.87. The number of benzene rings is 1. The molecule has 22 heavy (non-hydrogen) atoms.